The van der Waals surface area contributed by atoms with E-state index < -0.39 is 36.3 Å². The molecular formula is C10H19NO5. The molecule has 2 rings (SSSR count). The molecule has 0 saturated carbocycles. The van der Waals surface area contributed by atoms with Crippen molar-refractivity contribution in [3.05, 3.63) is 0 Å². The zero-order valence-corrected chi connectivity index (χ0v) is 9.14. The van der Waals surface area contributed by atoms with Gasteiger partial charge < -0.3 is 25.5 Å². The highest BCUT2D eigenvalue weighted by Crippen LogP contribution is 2.40. The van der Waals surface area contributed by atoms with Crippen molar-refractivity contribution >= 4 is 0 Å². The maximum absolute atomic E-state index is 9.90. The van der Waals surface area contributed by atoms with Gasteiger partial charge in [-0.2, -0.15) is 0 Å². The first-order valence-corrected chi connectivity index (χ1v) is 5.58. The van der Waals surface area contributed by atoms with E-state index in [0.29, 0.717) is 0 Å². The molecule has 0 amide bonds. The topological polar surface area (TPSA) is 104 Å². The predicted octanol–water partition coefficient (Wildman–Crippen LogP) is -2.88. The van der Waals surface area contributed by atoms with Gasteiger partial charge in [-0.15, -0.1) is 0 Å². The lowest BCUT2D eigenvalue weighted by molar-refractivity contribution is -0.0144. The van der Waals surface area contributed by atoms with Crippen LogP contribution in [0.4, 0.5) is 0 Å². The van der Waals surface area contributed by atoms with E-state index in [1.165, 1.54) is 0 Å². The number of hydrogen-bond donors (Lipinski definition) is 5. The van der Waals surface area contributed by atoms with Crippen LogP contribution in [0.25, 0.3) is 0 Å². The Bertz CT molecular complexity index is 238. The molecule has 2 saturated heterocycles. The summed E-state index contributed by atoms with van der Waals surface area (Å²) in [7, 11) is 0. The molecule has 0 spiro atoms. The van der Waals surface area contributed by atoms with Crippen molar-refractivity contribution in [2.75, 3.05) is 13.2 Å². The molecule has 0 aromatic carbocycles. The Hall–Kier alpha value is -0.240. The van der Waals surface area contributed by atoms with Crippen molar-refractivity contribution in [3.8, 4) is 0 Å². The average molecular weight is 233 g/mol. The molecule has 6 nitrogen and oxygen atoms in total. The van der Waals surface area contributed by atoms with E-state index in [9.17, 15) is 25.5 Å². The van der Waals surface area contributed by atoms with Gasteiger partial charge in [-0.1, -0.05) is 0 Å². The number of rotatable bonds is 2. The van der Waals surface area contributed by atoms with E-state index >= 15 is 0 Å². The fourth-order valence-corrected chi connectivity index (χ4v) is 3.21. The van der Waals surface area contributed by atoms with E-state index in [1.807, 2.05) is 0 Å². The maximum atomic E-state index is 9.90. The van der Waals surface area contributed by atoms with E-state index in [0.717, 1.165) is 0 Å². The van der Waals surface area contributed by atoms with Crippen LogP contribution in [0.15, 0.2) is 0 Å². The first-order chi connectivity index (χ1) is 7.54. The van der Waals surface area contributed by atoms with Gasteiger partial charge in [-0.25, -0.2) is 0 Å². The summed E-state index contributed by atoms with van der Waals surface area (Å²) in [5.74, 6) is -0.476. The minimum atomic E-state index is -1.03. The molecule has 0 aromatic heterocycles. The Balaban J connectivity index is 2.30. The number of nitrogens with zero attached hydrogens (tertiary/aromatic N) is 1. The average Bonchev–Trinajstić information content (AvgIpc) is 2.66. The van der Waals surface area contributed by atoms with Gasteiger partial charge in [-0.3, -0.25) is 4.90 Å². The number of aliphatic hydroxyl groups is 5. The summed E-state index contributed by atoms with van der Waals surface area (Å²) in [6.45, 7) is 1.25. The van der Waals surface area contributed by atoms with Gasteiger partial charge in [0.05, 0.1) is 37.6 Å². The normalized spacial score (nSPS) is 53.2. The fourth-order valence-electron chi connectivity index (χ4n) is 3.21. The fraction of sp³-hybridized carbons (Fsp3) is 1.00. The monoisotopic (exact) mass is 233 g/mol. The molecule has 7 atom stereocenters. The Morgan fingerprint density at radius 2 is 1.56 bits per heavy atom. The molecule has 0 bridgehead atoms. The largest absolute Gasteiger partial charge is 0.396 e. The number of fused-ring (bicyclic) bond motifs is 1. The van der Waals surface area contributed by atoms with Crippen molar-refractivity contribution in [1.29, 1.82) is 0 Å². The molecule has 6 heteroatoms. The number of aliphatic hydroxyl groups excluding tert-OH is 5. The highest BCUT2D eigenvalue weighted by molar-refractivity contribution is 5.12. The summed E-state index contributed by atoms with van der Waals surface area (Å²) >= 11 is 0. The third-order valence-electron chi connectivity index (χ3n) is 4.06. The molecule has 0 aliphatic carbocycles. The Morgan fingerprint density at radius 3 is 2.06 bits per heavy atom. The highest BCUT2D eigenvalue weighted by atomic mass is 16.3. The van der Waals surface area contributed by atoms with E-state index in [-0.39, 0.29) is 19.3 Å². The van der Waals surface area contributed by atoms with Gasteiger partial charge in [0.25, 0.3) is 0 Å². The van der Waals surface area contributed by atoms with Crippen molar-refractivity contribution in [1.82, 2.24) is 4.90 Å². The summed E-state index contributed by atoms with van der Waals surface area (Å²) in [5, 5.41) is 48.0. The maximum Gasteiger partial charge on any atom is 0.0991 e. The molecule has 16 heavy (non-hydrogen) atoms. The second kappa shape index (κ2) is 4.21. The summed E-state index contributed by atoms with van der Waals surface area (Å²) in [5.41, 5.74) is 0. The lowest BCUT2D eigenvalue weighted by Gasteiger charge is -2.28. The van der Waals surface area contributed by atoms with Crippen molar-refractivity contribution in [3.63, 3.8) is 0 Å². The summed E-state index contributed by atoms with van der Waals surface area (Å²) in [6, 6.07) is -1.34. The molecule has 0 radical (unpaired) electrons. The molecular weight excluding hydrogens is 214 g/mol. The SMILES string of the molecule is C[C@@H]1[C@H](O)[C@H](CO)[C@@H]2[C@@H](O)[C@H](O)[C@H](CO)N21. The smallest absolute Gasteiger partial charge is 0.0991 e. The van der Waals surface area contributed by atoms with Crippen molar-refractivity contribution < 1.29 is 25.5 Å². The Kier molecular flexibility index (Phi) is 3.22. The molecule has 2 heterocycles. The molecule has 94 valence electrons. The standard InChI is InChI=1S/C10H19NO5/c1-4-8(14)5(2-12)7-10(16)9(15)6(3-13)11(4)7/h4-10,12-16H,2-3H2,1H3/t4-,5-,6+,7-,8+,9-,10-/m1/s1. The van der Waals surface area contributed by atoms with Crippen LogP contribution in [0.3, 0.4) is 0 Å². The summed E-state index contributed by atoms with van der Waals surface area (Å²) in [6.07, 6.45) is -2.81. The minimum Gasteiger partial charge on any atom is -0.396 e. The summed E-state index contributed by atoms with van der Waals surface area (Å²) < 4.78 is 0. The van der Waals surface area contributed by atoms with Crippen molar-refractivity contribution in [2.24, 2.45) is 5.92 Å². The first-order valence-electron chi connectivity index (χ1n) is 5.58. The van der Waals surface area contributed by atoms with Gasteiger partial charge in [0.1, 0.15) is 0 Å². The van der Waals surface area contributed by atoms with Crippen LogP contribution in [0.1, 0.15) is 6.92 Å². The Labute approximate surface area is 93.7 Å². The van der Waals surface area contributed by atoms with Gasteiger partial charge in [0.15, 0.2) is 0 Å². The van der Waals surface area contributed by atoms with Crippen LogP contribution in [0, 0.1) is 5.92 Å². The van der Waals surface area contributed by atoms with Crippen LogP contribution < -0.4 is 0 Å². The van der Waals surface area contributed by atoms with Gasteiger partial charge in [-0.05, 0) is 6.92 Å². The zero-order chi connectivity index (χ0) is 12.0. The third kappa shape index (κ3) is 1.42. The van der Waals surface area contributed by atoms with Gasteiger partial charge in [0, 0.05) is 18.0 Å². The minimum absolute atomic E-state index is 0.241. The molecule has 5 N–H and O–H groups in total. The number of hydrogen-bond acceptors (Lipinski definition) is 6. The molecule has 2 aliphatic heterocycles. The van der Waals surface area contributed by atoms with Crippen LogP contribution in [-0.4, -0.2) is 80.1 Å². The van der Waals surface area contributed by atoms with Gasteiger partial charge >= 0.3 is 0 Å². The van der Waals surface area contributed by atoms with Crippen molar-refractivity contribution in [2.45, 2.75) is 43.4 Å². The van der Waals surface area contributed by atoms with Crippen LogP contribution in [0.5, 0.6) is 0 Å². The summed E-state index contributed by atoms with van der Waals surface area (Å²) in [4.78, 5) is 1.72. The van der Waals surface area contributed by atoms with E-state index in [1.54, 1.807) is 11.8 Å². The predicted molar refractivity (Wildman–Crippen MR) is 54.6 cm³/mol. The van der Waals surface area contributed by atoms with Crippen LogP contribution >= 0.6 is 0 Å². The lowest BCUT2D eigenvalue weighted by atomic mass is 9.92. The van der Waals surface area contributed by atoms with Gasteiger partial charge in [0.2, 0.25) is 0 Å². The lowest BCUT2D eigenvalue weighted by Crippen LogP contribution is -2.45. The third-order valence-corrected chi connectivity index (χ3v) is 4.06. The molecule has 2 fully saturated rings. The van der Waals surface area contributed by atoms with Crippen LogP contribution in [0.2, 0.25) is 0 Å². The second-order valence-corrected chi connectivity index (χ2v) is 4.75. The molecule has 2 aliphatic rings. The van der Waals surface area contributed by atoms with E-state index in [2.05, 4.69) is 0 Å². The Morgan fingerprint density at radius 1 is 0.938 bits per heavy atom. The molecule has 0 unspecified atom stereocenters. The van der Waals surface area contributed by atoms with E-state index in [4.69, 9.17) is 0 Å². The first kappa shape index (κ1) is 12.2. The second-order valence-electron chi connectivity index (χ2n) is 4.75. The molecule has 0 aromatic rings. The quantitative estimate of drug-likeness (QED) is 0.351. The van der Waals surface area contributed by atoms with Crippen LogP contribution in [-0.2, 0) is 0 Å². The highest BCUT2D eigenvalue weighted by Gasteiger charge is 2.59. The zero-order valence-electron chi connectivity index (χ0n) is 9.14.